The predicted octanol–water partition coefficient (Wildman–Crippen LogP) is 1.55. The SMILES string of the molecule is CCCCOCCCn1nnnc1C(C)NCC. The molecule has 0 bridgehead atoms. The van der Waals surface area contributed by atoms with E-state index >= 15 is 0 Å². The van der Waals surface area contributed by atoms with Gasteiger partial charge in [0.05, 0.1) is 6.04 Å². The van der Waals surface area contributed by atoms with Gasteiger partial charge in [-0.25, -0.2) is 4.68 Å². The first kappa shape index (κ1) is 15.0. The van der Waals surface area contributed by atoms with Crippen LogP contribution >= 0.6 is 0 Å². The Morgan fingerprint density at radius 2 is 2.06 bits per heavy atom. The van der Waals surface area contributed by atoms with Gasteiger partial charge in [-0.3, -0.25) is 0 Å². The van der Waals surface area contributed by atoms with Crippen molar-refractivity contribution in [1.29, 1.82) is 0 Å². The molecular weight excluding hydrogens is 230 g/mol. The largest absolute Gasteiger partial charge is 0.381 e. The van der Waals surface area contributed by atoms with E-state index in [0.29, 0.717) is 0 Å². The molecule has 0 saturated carbocycles. The van der Waals surface area contributed by atoms with Crippen LogP contribution in [0.15, 0.2) is 0 Å². The standard InChI is InChI=1S/C12H25N5O/c1-4-6-9-18-10-7-8-17-12(14-15-16-17)11(3)13-5-2/h11,13H,4-10H2,1-3H3. The lowest BCUT2D eigenvalue weighted by Crippen LogP contribution is -2.22. The van der Waals surface area contributed by atoms with Gasteiger partial charge in [-0.1, -0.05) is 20.3 Å². The lowest BCUT2D eigenvalue weighted by atomic mass is 10.3. The molecule has 0 aliphatic carbocycles. The second-order valence-electron chi connectivity index (χ2n) is 4.36. The van der Waals surface area contributed by atoms with Gasteiger partial charge in [0.2, 0.25) is 0 Å². The maximum absolute atomic E-state index is 5.52. The van der Waals surface area contributed by atoms with Crippen molar-refractivity contribution in [3.8, 4) is 0 Å². The molecular formula is C12H25N5O. The van der Waals surface area contributed by atoms with Gasteiger partial charge in [0, 0.05) is 19.8 Å². The molecule has 0 amide bonds. The number of hydrogen-bond donors (Lipinski definition) is 1. The molecule has 1 atom stereocenters. The van der Waals surface area contributed by atoms with Crippen LogP contribution < -0.4 is 5.32 Å². The molecule has 0 spiro atoms. The third-order valence-corrected chi connectivity index (χ3v) is 2.76. The van der Waals surface area contributed by atoms with Crippen molar-refractivity contribution in [1.82, 2.24) is 25.5 Å². The van der Waals surface area contributed by atoms with Crippen molar-refractivity contribution in [2.75, 3.05) is 19.8 Å². The van der Waals surface area contributed by atoms with Crippen LogP contribution in [0.2, 0.25) is 0 Å². The van der Waals surface area contributed by atoms with Crippen molar-refractivity contribution in [3.05, 3.63) is 5.82 Å². The van der Waals surface area contributed by atoms with E-state index in [9.17, 15) is 0 Å². The normalized spacial score (nSPS) is 12.8. The first-order valence-corrected chi connectivity index (χ1v) is 6.86. The average molecular weight is 255 g/mol. The number of unbranched alkanes of at least 4 members (excludes halogenated alkanes) is 1. The first-order chi connectivity index (χ1) is 8.79. The number of tetrazole rings is 1. The van der Waals surface area contributed by atoms with E-state index in [4.69, 9.17) is 4.74 Å². The minimum Gasteiger partial charge on any atom is -0.381 e. The van der Waals surface area contributed by atoms with Gasteiger partial charge in [0.25, 0.3) is 0 Å². The lowest BCUT2D eigenvalue weighted by Gasteiger charge is -2.11. The Morgan fingerprint density at radius 3 is 2.78 bits per heavy atom. The second kappa shape index (κ2) is 8.99. The highest BCUT2D eigenvalue weighted by atomic mass is 16.5. The summed E-state index contributed by atoms with van der Waals surface area (Å²) in [4.78, 5) is 0. The smallest absolute Gasteiger partial charge is 0.167 e. The summed E-state index contributed by atoms with van der Waals surface area (Å²) in [5.74, 6) is 0.894. The van der Waals surface area contributed by atoms with E-state index in [1.54, 1.807) is 0 Å². The van der Waals surface area contributed by atoms with Gasteiger partial charge in [-0.05, 0) is 36.7 Å². The van der Waals surface area contributed by atoms with E-state index in [1.165, 1.54) is 6.42 Å². The van der Waals surface area contributed by atoms with Gasteiger partial charge >= 0.3 is 0 Å². The average Bonchev–Trinajstić information content (AvgIpc) is 2.82. The molecule has 0 aliphatic rings. The highest BCUT2D eigenvalue weighted by Gasteiger charge is 2.12. The van der Waals surface area contributed by atoms with Crippen LogP contribution in [-0.4, -0.2) is 40.0 Å². The van der Waals surface area contributed by atoms with Crippen LogP contribution in [0.5, 0.6) is 0 Å². The quantitative estimate of drug-likeness (QED) is 0.643. The van der Waals surface area contributed by atoms with Gasteiger partial charge < -0.3 is 10.1 Å². The number of ether oxygens (including phenoxy) is 1. The van der Waals surface area contributed by atoms with Crippen LogP contribution in [0.4, 0.5) is 0 Å². The van der Waals surface area contributed by atoms with E-state index in [1.807, 2.05) is 4.68 Å². The van der Waals surface area contributed by atoms with Gasteiger partial charge in [-0.2, -0.15) is 0 Å². The molecule has 1 aromatic rings. The van der Waals surface area contributed by atoms with Crippen LogP contribution in [0.3, 0.4) is 0 Å². The zero-order valence-electron chi connectivity index (χ0n) is 11.7. The summed E-state index contributed by atoms with van der Waals surface area (Å²) >= 11 is 0. The first-order valence-electron chi connectivity index (χ1n) is 6.86. The number of aryl methyl sites for hydroxylation is 1. The summed E-state index contributed by atoms with van der Waals surface area (Å²) in [5.41, 5.74) is 0. The Kier molecular flexibility index (Phi) is 7.52. The third kappa shape index (κ3) is 5.10. The number of nitrogens with zero attached hydrogens (tertiary/aromatic N) is 4. The fourth-order valence-electron chi connectivity index (χ4n) is 1.74. The topological polar surface area (TPSA) is 64.9 Å². The van der Waals surface area contributed by atoms with Crippen LogP contribution in [0.1, 0.15) is 51.9 Å². The van der Waals surface area contributed by atoms with Crippen molar-refractivity contribution in [2.24, 2.45) is 0 Å². The minimum absolute atomic E-state index is 0.186. The fraction of sp³-hybridized carbons (Fsp3) is 0.917. The van der Waals surface area contributed by atoms with Crippen LogP contribution in [0, 0.1) is 0 Å². The van der Waals surface area contributed by atoms with E-state index in [-0.39, 0.29) is 6.04 Å². The summed E-state index contributed by atoms with van der Waals surface area (Å²) in [5, 5.41) is 15.1. The van der Waals surface area contributed by atoms with Crippen LogP contribution in [-0.2, 0) is 11.3 Å². The Bertz CT molecular complexity index is 315. The molecule has 0 aromatic carbocycles. The zero-order chi connectivity index (χ0) is 13.2. The van der Waals surface area contributed by atoms with Crippen molar-refractivity contribution < 1.29 is 4.74 Å². The number of rotatable bonds is 10. The van der Waals surface area contributed by atoms with Crippen molar-refractivity contribution in [3.63, 3.8) is 0 Å². The van der Waals surface area contributed by atoms with Crippen LogP contribution in [0.25, 0.3) is 0 Å². The van der Waals surface area contributed by atoms with E-state index in [2.05, 4.69) is 41.6 Å². The molecule has 0 radical (unpaired) electrons. The van der Waals surface area contributed by atoms with E-state index in [0.717, 1.165) is 45.0 Å². The number of hydrogen-bond acceptors (Lipinski definition) is 5. The van der Waals surface area contributed by atoms with Gasteiger partial charge in [0.1, 0.15) is 0 Å². The molecule has 104 valence electrons. The molecule has 1 rings (SSSR count). The molecule has 0 saturated heterocycles. The lowest BCUT2D eigenvalue weighted by molar-refractivity contribution is 0.124. The Balaban J connectivity index is 2.27. The monoisotopic (exact) mass is 255 g/mol. The molecule has 1 heterocycles. The molecule has 1 unspecified atom stereocenters. The number of aromatic nitrogens is 4. The van der Waals surface area contributed by atoms with Crippen molar-refractivity contribution >= 4 is 0 Å². The Hall–Kier alpha value is -1.01. The summed E-state index contributed by atoms with van der Waals surface area (Å²) in [6.07, 6.45) is 3.26. The highest BCUT2D eigenvalue weighted by molar-refractivity contribution is 4.89. The summed E-state index contributed by atoms with van der Waals surface area (Å²) in [6.45, 7) is 9.66. The summed E-state index contributed by atoms with van der Waals surface area (Å²) < 4.78 is 7.38. The molecule has 0 fully saturated rings. The van der Waals surface area contributed by atoms with E-state index < -0.39 is 0 Å². The Morgan fingerprint density at radius 1 is 1.28 bits per heavy atom. The summed E-state index contributed by atoms with van der Waals surface area (Å²) in [7, 11) is 0. The van der Waals surface area contributed by atoms with Gasteiger partial charge in [-0.15, -0.1) is 5.10 Å². The predicted molar refractivity (Wildman–Crippen MR) is 70.3 cm³/mol. The fourth-order valence-corrected chi connectivity index (χ4v) is 1.74. The summed E-state index contributed by atoms with van der Waals surface area (Å²) in [6, 6.07) is 0.186. The second-order valence-corrected chi connectivity index (χ2v) is 4.36. The molecule has 6 heteroatoms. The minimum atomic E-state index is 0.186. The zero-order valence-corrected chi connectivity index (χ0v) is 11.7. The molecule has 1 aromatic heterocycles. The molecule has 18 heavy (non-hydrogen) atoms. The maximum atomic E-state index is 5.52. The maximum Gasteiger partial charge on any atom is 0.167 e. The molecule has 1 N–H and O–H groups in total. The molecule has 6 nitrogen and oxygen atoms in total. The highest BCUT2D eigenvalue weighted by Crippen LogP contribution is 2.07. The number of nitrogens with one attached hydrogen (secondary N) is 1. The Labute approximate surface area is 109 Å². The third-order valence-electron chi connectivity index (χ3n) is 2.76. The van der Waals surface area contributed by atoms with Gasteiger partial charge in [0.15, 0.2) is 5.82 Å². The van der Waals surface area contributed by atoms with Crippen molar-refractivity contribution in [2.45, 2.75) is 52.6 Å². The molecule has 0 aliphatic heterocycles.